The van der Waals surface area contributed by atoms with E-state index < -0.39 is 39.7 Å². The summed E-state index contributed by atoms with van der Waals surface area (Å²) in [5.41, 5.74) is 1.23. The average Bonchev–Trinajstić information content (AvgIpc) is 4.31. The Morgan fingerprint density at radius 2 is 1.37 bits per heavy atom. The van der Waals surface area contributed by atoms with Gasteiger partial charge < -0.3 is 77.2 Å². The summed E-state index contributed by atoms with van der Waals surface area (Å²) in [6.45, 7) is 16.4. The second-order valence-corrected chi connectivity index (χ2v) is 21.2. The second-order valence-electron chi connectivity index (χ2n) is 17.4. The Labute approximate surface area is 471 Å². The minimum atomic E-state index is -1.74. The third-order valence-corrected chi connectivity index (χ3v) is 14.6. The van der Waals surface area contributed by atoms with Crippen LogP contribution >= 0.6 is 28.1 Å². The molecule has 1 saturated heterocycles. The molecule has 0 radical (unpaired) electrons. The monoisotopic (exact) mass is 1190 g/mol. The van der Waals surface area contributed by atoms with Crippen LogP contribution in [0.1, 0.15) is 84.8 Å². The van der Waals surface area contributed by atoms with Crippen molar-refractivity contribution >= 4 is 63.2 Å². The van der Waals surface area contributed by atoms with Gasteiger partial charge in [0, 0.05) is 52.6 Å². The number of ether oxygens (including phenoxy) is 10. The Balaban J connectivity index is 0.000000804. The highest BCUT2D eigenvalue weighted by molar-refractivity contribution is 7.66. The van der Waals surface area contributed by atoms with Crippen molar-refractivity contribution in [3.8, 4) is 5.75 Å². The number of nitrogens with zero attached hydrogens (tertiary/aromatic N) is 7. The number of nitrogens with two attached hydrogens (primary N) is 1. The minimum absolute atomic E-state index is 0.142. The predicted molar refractivity (Wildman–Crippen MR) is 300 cm³/mol. The van der Waals surface area contributed by atoms with E-state index in [2.05, 4.69) is 50.6 Å². The molecule has 1 aliphatic heterocycles. The molecule has 2 aliphatic rings. The summed E-state index contributed by atoms with van der Waals surface area (Å²) in [4.78, 5) is 42.9. The van der Waals surface area contributed by atoms with E-state index in [0.717, 1.165) is 56.7 Å². The van der Waals surface area contributed by atoms with Gasteiger partial charge >= 0.3 is 0 Å². The van der Waals surface area contributed by atoms with Crippen LogP contribution < -0.4 is 15.5 Å². The number of carbonyl (C=O) groups is 1. The largest absolute Gasteiger partial charge is 0.491 e. The molecule has 2 fully saturated rings. The van der Waals surface area contributed by atoms with E-state index in [0.29, 0.717) is 154 Å². The predicted octanol–water partition coefficient (Wildman–Crippen LogP) is 7.87. The summed E-state index contributed by atoms with van der Waals surface area (Å²) in [7, 11) is 0.354. The van der Waals surface area contributed by atoms with Gasteiger partial charge in [0.15, 0.2) is 37.6 Å². The molecule has 28 heteroatoms. The second kappa shape index (κ2) is 46.2. The highest BCUT2D eigenvalue weighted by atomic mass is 35.5. The lowest BCUT2D eigenvalue weighted by atomic mass is 10.2. The van der Waals surface area contributed by atoms with Crippen LogP contribution in [0.15, 0.2) is 28.4 Å². The summed E-state index contributed by atoms with van der Waals surface area (Å²) < 4.78 is 98.9. The summed E-state index contributed by atoms with van der Waals surface area (Å²) >= 11 is 6.50. The van der Waals surface area contributed by atoms with Gasteiger partial charge in [0.25, 0.3) is 0 Å². The number of anilines is 1. The molecule has 2 aromatic heterocycles. The fourth-order valence-corrected chi connectivity index (χ4v) is 9.45. The lowest BCUT2D eigenvalue weighted by Crippen LogP contribution is -2.37. The molecule has 3 aromatic rings. The van der Waals surface area contributed by atoms with Gasteiger partial charge in [-0.2, -0.15) is 20.2 Å². The lowest BCUT2D eigenvalue weighted by Gasteiger charge is -2.30. The van der Waals surface area contributed by atoms with Gasteiger partial charge in [0.2, 0.25) is 5.28 Å². The zero-order chi connectivity index (χ0) is 57.9. The third-order valence-electron chi connectivity index (χ3n) is 11.2. The van der Waals surface area contributed by atoms with Crippen molar-refractivity contribution in [1.82, 2.24) is 19.7 Å². The number of benzene rings is 1. The number of fused-ring (bicyclic) bond motifs is 1. The quantitative estimate of drug-likeness (QED) is 0.00938. The Morgan fingerprint density at radius 3 is 1.86 bits per heavy atom. The number of aldehydes is 1. The first-order valence-electron chi connectivity index (χ1n) is 26.6. The number of methoxy groups -OCH3 is 1. The number of hydrazone groups is 1. The highest BCUT2D eigenvalue weighted by Crippen LogP contribution is 2.43. The molecule has 1 aliphatic carbocycles. The summed E-state index contributed by atoms with van der Waals surface area (Å²) in [6.07, 6.45) is 13.5. The first-order valence-corrected chi connectivity index (χ1v) is 30.3. The van der Waals surface area contributed by atoms with Crippen molar-refractivity contribution in [3.05, 3.63) is 41.1 Å². The van der Waals surface area contributed by atoms with E-state index in [-0.39, 0.29) is 24.2 Å². The topological polar surface area (TPSA) is 257 Å². The standard InChI is InChI=1S/C38H63ClN8O10.C7H5F3O.C3H10O3P2.C3H8/c1-2-33-8-9-35(57-33)47-37-34(29-42-47)36(43-38(39)44-37)46(32-6-3-4-7-32)11-15-51-18-21-54-24-25-55-26-27-56-30-31(45-40)28-41-10-14-50-17-20-53-23-22-52-19-16-49-13-5-12-48;1-11-7-5(9)2-4(8)3-6(7)10;1-6-7(2)3-8(4)5;1-3-2/h12,28-29,32-33,35H,2-11,13-27,30,40H2,1H3;2-3H,1H3;4-5H,3H2,1-2H3;3H2,1-2H3/b41-28?,45-31+;;;. The Kier molecular flexibility index (Phi) is 41.9. The number of hydrogen-bond acceptors (Lipinski definition) is 21. The van der Waals surface area contributed by atoms with Crippen LogP contribution in [0.2, 0.25) is 5.28 Å². The van der Waals surface area contributed by atoms with E-state index in [9.17, 15) is 18.0 Å². The number of hydrogen-bond donors (Lipinski definition) is 3. The smallest absolute Gasteiger partial charge is 0.226 e. The molecule has 3 atom stereocenters. The van der Waals surface area contributed by atoms with Gasteiger partial charge in [-0.1, -0.05) is 40.0 Å². The maximum absolute atomic E-state index is 12.5. The molecule has 4 N–H and O–H groups in total. The van der Waals surface area contributed by atoms with E-state index in [1.807, 2.05) is 17.5 Å². The molecular formula is C51H86ClF3N8O14P2. The molecule has 22 nitrogen and oxygen atoms in total. The van der Waals surface area contributed by atoms with E-state index >= 15 is 0 Å². The van der Waals surface area contributed by atoms with Gasteiger partial charge in [-0.05, 0) is 50.4 Å². The summed E-state index contributed by atoms with van der Waals surface area (Å²) in [5, 5.41) is 9.48. The molecule has 79 heavy (non-hydrogen) atoms. The van der Waals surface area contributed by atoms with Gasteiger partial charge in [0.05, 0.1) is 143 Å². The van der Waals surface area contributed by atoms with Crippen LogP contribution in [-0.2, 0) is 52.0 Å². The van der Waals surface area contributed by atoms with Crippen LogP contribution in [0.25, 0.3) is 11.0 Å². The Bertz CT molecular complexity index is 2070. The first kappa shape index (κ1) is 71.7. The zero-order valence-corrected chi connectivity index (χ0v) is 49.4. The number of aliphatic imine (C=N–C) groups is 1. The molecule has 3 unspecified atom stereocenters. The van der Waals surface area contributed by atoms with Gasteiger partial charge in [-0.15, -0.1) is 0 Å². The van der Waals surface area contributed by atoms with Gasteiger partial charge in [-0.3, -0.25) is 4.99 Å². The maximum Gasteiger partial charge on any atom is 0.226 e. The van der Waals surface area contributed by atoms with Crippen molar-refractivity contribution in [2.75, 3.05) is 150 Å². The molecule has 1 saturated carbocycles. The van der Waals surface area contributed by atoms with Crippen LogP contribution in [-0.4, -0.2) is 205 Å². The SMILES string of the molecule is CCC.CCC1CCC(n2ncc3c(N(CCOCCOCCOCCOC/C(C=NCCOCCOCCOCCOCCC=O)=N/N)C4CCCC4)nc(Cl)nc32)O1.COP(C)CP(O)O.COc1c(F)cc(F)cc1F. The fraction of sp³-hybridized carbons (Fsp3) is 0.725. The van der Waals surface area contributed by atoms with Gasteiger partial charge in [-0.25, -0.2) is 17.9 Å². The van der Waals surface area contributed by atoms with Crippen LogP contribution in [0.4, 0.5) is 19.0 Å². The van der Waals surface area contributed by atoms with Crippen LogP contribution in [0.3, 0.4) is 0 Å². The first-order chi connectivity index (χ1) is 38.4. The highest BCUT2D eigenvalue weighted by Gasteiger charge is 2.31. The maximum atomic E-state index is 12.5. The fourth-order valence-electron chi connectivity index (χ4n) is 7.41. The number of halogens is 4. The average molecular weight is 1190 g/mol. The van der Waals surface area contributed by atoms with Gasteiger partial charge in [0.1, 0.15) is 23.6 Å². The van der Waals surface area contributed by atoms with E-state index in [1.165, 1.54) is 19.3 Å². The van der Waals surface area contributed by atoms with Crippen molar-refractivity contribution in [3.63, 3.8) is 0 Å². The molecule has 5 rings (SSSR count). The zero-order valence-electron chi connectivity index (χ0n) is 46.8. The molecular weight excluding hydrogens is 1100 g/mol. The molecule has 1 aromatic carbocycles. The molecule has 0 amide bonds. The van der Waals surface area contributed by atoms with Crippen molar-refractivity contribution in [2.45, 2.75) is 96.9 Å². The van der Waals surface area contributed by atoms with Crippen LogP contribution in [0.5, 0.6) is 5.75 Å². The summed E-state index contributed by atoms with van der Waals surface area (Å²) in [6, 6.07) is 1.47. The normalized spacial score (nSPS) is 15.9. The van der Waals surface area contributed by atoms with Crippen molar-refractivity contribution in [1.29, 1.82) is 0 Å². The van der Waals surface area contributed by atoms with E-state index in [4.69, 9.17) is 79.4 Å². The van der Waals surface area contributed by atoms with Crippen molar-refractivity contribution in [2.24, 2.45) is 15.9 Å². The molecule has 452 valence electrons. The molecule has 0 bridgehead atoms. The molecule has 3 heterocycles. The molecule has 0 spiro atoms. The number of rotatable bonds is 38. The number of carbonyl (C=O) groups excluding carboxylic acids is 1. The minimum Gasteiger partial charge on any atom is -0.491 e. The number of aromatic nitrogens is 4. The Hall–Kier alpha value is -3.36. The van der Waals surface area contributed by atoms with Crippen LogP contribution in [0, 0.1) is 17.5 Å². The van der Waals surface area contributed by atoms with Crippen molar-refractivity contribution < 1.29 is 79.6 Å². The third kappa shape index (κ3) is 31.6. The van der Waals surface area contributed by atoms with E-state index in [1.54, 1.807) is 13.3 Å². The summed E-state index contributed by atoms with van der Waals surface area (Å²) in [5.74, 6) is 3.08. The lowest BCUT2D eigenvalue weighted by molar-refractivity contribution is -0.109. The Morgan fingerprint density at radius 1 is 0.823 bits per heavy atom.